The van der Waals surface area contributed by atoms with Crippen molar-refractivity contribution in [2.75, 3.05) is 13.1 Å². The second-order valence-electron chi connectivity index (χ2n) is 4.78. The predicted octanol–water partition coefficient (Wildman–Crippen LogP) is 2.92. The van der Waals surface area contributed by atoms with E-state index in [0.717, 1.165) is 25.3 Å². The van der Waals surface area contributed by atoms with Crippen LogP contribution in [-0.2, 0) is 4.79 Å². The Morgan fingerprint density at radius 1 is 1.20 bits per heavy atom. The Morgan fingerprint density at radius 2 is 1.93 bits per heavy atom. The fourth-order valence-corrected chi connectivity index (χ4v) is 1.75. The number of hydrogen-bond donors (Lipinski definition) is 1. The molecule has 0 heterocycles. The summed E-state index contributed by atoms with van der Waals surface area (Å²) in [5, 5.41) is 3.25. The Bertz CT molecular complexity index is 175. The number of carbonyl (C=O) groups excluding carboxylic acids is 1. The van der Waals surface area contributed by atoms with Gasteiger partial charge in [-0.05, 0) is 31.7 Å². The van der Waals surface area contributed by atoms with Gasteiger partial charge in [-0.25, -0.2) is 0 Å². The predicted molar refractivity (Wildman–Crippen MR) is 64.0 cm³/mol. The number of ketones is 1. The average Bonchev–Trinajstić information content (AvgIpc) is 3.01. The average molecular weight is 211 g/mol. The molecule has 0 radical (unpaired) electrons. The summed E-state index contributed by atoms with van der Waals surface area (Å²) >= 11 is 0. The van der Waals surface area contributed by atoms with E-state index >= 15 is 0 Å². The summed E-state index contributed by atoms with van der Waals surface area (Å²) < 4.78 is 0. The molecule has 2 nitrogen and oxygen atoms in total. The number of hydrogen-bond acceptors (Lipinski definition) is 2. The van der Waals surface area contributed by atoms with Gasteiger partial charge in [0.15, 0.2) is 0 Å². The van der Waals surface area contributed by atoms with Gasteiger partial charge in [0.25, 0.3) is 0 Å². The highest BCUT2D eigenvalue weighted by Crippen LogP contribution is 2.27. The van der Waals surface area contributed by atoms with Gasteiger partial charge in [0, 0.05) is 6.42 Å². The highest BCUT2D eigenvalue weighted by Gasteiger charge is 2.20. The molecule has 2 heteroatoms. The van der Waals surface area contributed by atoms with Gasteiger partial charge in [-0.1, -0.05) is 32.6 Å². The van der Waals surface area contributed by atoms with E-state index in [9.17, 15) is 4.79 Å². The number of Topliss-reactive ketones (excluding diaryl/α,β-unsaturated/α-hetero) is 1. The zero-order chi connectivity index (χ0) is 10.9. The van der Waals surface area contributed by atoms with Crippen molar-refractivity contribution in [3.8, 4) is 0 Å². The van der Waals surface area contributed by atoms with Crippen molar-refractivity contribution in [1.82, 2.24) is 5.32 Å². The first-order valence-corrected chi connectivity index (χ1v) is 6.55. The lowest BCUT2D eigenvalue weighted by molar-refractivity contribution is -0.118. The molecule has 0 atom stereocenters. The highest BCUT2D eigenvalue weighted by atomic mass is 16.1. The van der Waals surface area contributed by atoms with Crippen molar-refractivity contribution < 1.29 is 4.79 Å². The summed E-state index contributed by atoms with van der Waals surface area (Å²) in [6, 6.07) is 0. The van der Waals surface area contributed by atoms with Gasteiger partial charge in [-0.3, -0.25) is 4.79 Å². The lowest BCUT2D eigenvalue weighted by Gasteiger charge is -2.03. The van der Waals surface area contributed by atoms with Gasteiger partial charge < -0.3 is 5.32 Å². The molecule has 88 valence electrons. The Hall–Kier alpha value is -0.370. The van der Waals surface area contributed by atoms with Gasteiger partial charge in [0.1, 0.15) is 5.78 Å². The van der Waals surface area contributed by atoms with Crippen LogP contribution in [0.1, 0.15) is 58.3 Å². The zero-order valence-corrected chi connectivity index (χ0v) is 10.1. The van der Waals surface area contributed by atoms with Crippen LogP contribution in [0.2, 0.25) is 0 Å². The van der Waals surface area contributed by atoms with Crippen LogP contribution >= 0.6 is 0 Å². The normalized spacial score (nSPS) is 15.5. The van der Waals surface area contributed by atoms with Crippen molar-refractivity contribution in [3.05, 3.63) is 0 Å². The van der Waals surface area contributed by atoms with Crippen LogP contribution in [0.25, 0.3) is 0 Å². The molecular weight excluding hydrogens is 186 g/mol. The molecule has 0 aromatic carbocycles. The van der Waals surface area contributed by atoms with Crippen molar-refractivity contribution in [1.29, 1.82) is 0 Å². The topological polar surface area (TPSA) is 29.1 Å². The van der Waals surface area contributed by atoms with Gasteiger partial charge >= 0.3 is 0 Å². The van der Waals surface area contributed by atoms with E-state index in [-0.39, 0.29) is 0 Å². The van der Waals surface area contributed by atoms with Crippen LogP contribution < -0.4 is 5.32 Å². The maximum absolute atomic E-state index is 11.4. The van der Waals surface area contributed by atoms with E-state index in [1.165, 1.54) is 38.5 Å². The molecule has 0 spiro atoms. The summed E-state index contributed by atoms with van der Waals surface area (Å²) in [5.41, 5.74) is 0. The third-order valence-electron chi connectivity index (χ3n) is 3.01. The molecule has 0 amide bonds. The molecule has 0 aliphatic heterocycles. The third-order valence-corrected chi connectivity index (χ3v) is 3.01. The van der Waals surface area contributed by atoms with E-state index in [1.54, 1.807) is 0 Å². The number of nitrogens with one attached hydrogen (secondary N) is 1. The zero-order valence-electron chi connectivity index (χ0n) is 10.1. The second kappa shape index (κ2) is 7.86. The van der Waals surface area contributed by atoms with E-state index in [4.69, 9.17) is 0 Å². The fourth-order valence-electron chi connectivity index (χ4n) is 1.75. The van der Waals surface area contributed by atoms with Crippen LogP contribution in [0.4, 0.5) is 0 Å². The number of rotatable bonds is 10. The second-order valence-corrected chi connectivity index (χ2v) is 4.78. The molecule has 0 unspecified atom stereocenters. The van der Waals surface area contributed by atoms with Crippen molar-refractivity contribution in [2.24, 2.45) is 5.92 Å². The summed E-state index contributed by atoms with van der Waals surface area (Å²) in [5.74, 6) is 1.27. The van der Waals surface area contributed by atoms with Crippen molar-refractivity contribution >= 4 is 5.78 Å². The van der Waals surface area contributed by atoms with Gasteiger partial charge in [-0.2, -0.15) is 0 Å². The lowest BCUT2D eigenvalue weighted by atomic mass is 10.1. The molecular formula is C13H25NO. The quantitative estimate of drug-likeness (QED) is 0.563. The van der Waals surface area contributed by atoms with E-state index in [2.05, 4.69) is 12.2 Å². The summed E-state index contributed by atoms with van der Waals surface area (Å²) in [6.07, 6.45) is 9.69. The summed E-state index contributed by atoms with van der Waals surface area (Å²) in [7, 11) is 0. The van der Waals surface area contributed by atoms with Gasteiger partial charge in [0.2, 0.25) is 0 Å². The molecule has 0 bridgehead atoms. The molecule has 1 saturated carbocycles. The maximum Gasteiger partial charge on any atom is 0.146 e. The van der Waals surface area contributed by atoms with Gasteiger partial charge in [0.05, 0.1) is 6.54 Å². The van der Waals surface area contributed by atoms with E-state index < -0.39 is 0 Å². The summed E-state index contributed by atoms with van der Waals surface area (Å²) in [4.78, 5) is 11.4. The molecule has 0 aromatic heterocycles. The fraction of sp³-hybridized carbons (Fsp3) is 0.923. The van der Waals surface area contributed by atoms with Crippen LogP contribution in [0, 0.1) is 5.92 Å². The minimum Gasteiger partial charge on any atom is -0.310 e. The monoisotopic (exact) mass is 211 g/mol. The van der Waals surface area contributed by atoms with Crippen LogP contribution in [0.3, 0.4) is 0 Å². The van der Waals surface area contributed by atoms with Crippen molar-refractivity contribution in [3.63, 3.8) is 0 Å². The SMILES string of the molecule is CCCCCCCC(=O)CNCC1CC1. The molecule has 0 saturated heterocycles. The Morgan fingerprint density at radius 3 is 2.60 bits per heavy atom. The van der Waals surface area contributed by atoms with E-state index in [0.29, 0.717) is 12.3 Å². The number of unbranched alkanes of at least 4 members (excludes halogenated alkanes) is 4. The molecule has 1 N–H and O–H groups in total. The minimum atomic E-state index is 0.396. The highest BCUT2D eigenvalue weighted by molar-refractivity contribution is 5.80. The standard InChI is InChI=1S/C13H25NO/c1-2-3-4-5-6-7-13(15)11-14-10-12-8-9-12/h12,14H,2-11H2,1H3. The molecule has 1 aliphatic rings. The molecule has 0 aromatic rings. The van der Waals surface area contributed by atoms with E-state index in [1.807, 2.05) is 0 Å². The van der Waals surface area contributed by atoms with Crippen LogP contribution in [0.5, 0.6) is 0 Å². The van der Waals surface area contributed by atoms with Crippen LogP contribution in [-0.4, -0.2) is 18.9 Å². The molecule has 15 heavy (non-hydrogen) atoms. The first-order chi connectivity index (χ1) is 7.33. The van der Waals surface area contributed by atoms with Crippen molar-refractivity contribution in [2.45, 2.75) is 58.3 Å². The molecule has 1 rings (SSSR count). The molecule has 1 aliphatic carbocycles. The summed E-state index contributed by atoms with van der Waals surface area (Å²) in [6.45, 7) is 3.87. The maximum atomic E-state index is 11.4. The first kappa shape index (κ1) is 12.7. The third kappa shape index (κ3) is 7.55. The first-order valence-electron chi connectivity index (χ1n) is 6.55. The Kier molecular flexibility index (Phi) is 6.66. The Balaban J connectivity index is 1.80. The molecule has 1 fully saturated rings. The van der Waals surface area contributed by atoms with Gasteiger partial charge in [-0.15, -0.1) is 0 Å². The minimum absolute atomic E-state index is 0.396. The Labute approximate surface area is 93.8 Å². The van der Waals surface area contributed by atoms with Crippen LogP contribution in [0.15, 0.2) is 0 Å². The largest absolute Gasteiger partial charge is 0.310 e. The smallest absolute Gasteiger partial charge is 0.146 e. The number of carbonyl (C=O) groups is 1. The lowest BCUT2D eigenvalue weighted by Crippen LogP contribution is -2.24.